The molecule has 0 heterocycles. The van der Waals surface area contributed by atoms with Gasteiger partial charge in [0, 0.05) is 11.4 Å². The van der Waals surface area contributed by atoms with Crippen molar-refractivity contribution < 1.29 is 4.79 Å². The number of carbonyl (C=O) groups excluding carboxylic acids is 1. The number of benzene rings is 2. The second kappa shape index (κ2) is 7.83. The number of amides is 1. The number of guanidine groups is 1. The Morgan fingerprint density at radius 3 is 2.27 bits per heavy atom. The minimum atomic E-state index is -0.211. The molecule has 22 heavy (non-hydrogen) atoms. The number of carbonyl (C=O) groups is 1. The van der Waals surface area contributed by atoms with Gasteiger partial charge in [0.15, 0.2) is 5.96 Å². The van der Waals surface area contributed by atoms with Crippen molar-refractivity contribution in [3.8, 4) is 0 Å². The quantitative estimate of drug-likeness (QED) is 0.586. The third-order valence-corrected chi connectivity index (χ3v) is 3.09. The summed E-state index contributed by atoms with van der Waals surface area (Å²) in [6, 6.07) is 17.2. The minimum absolute atomic E-state index is 0.0270. The van der Waals surface area contributed by atoms with E-state index in [2.05, 4.69) is 22.5 Å². The molecule has 0 unspecified atom stereocenters. The first-order valence-electron chi connectivity index (χ1n) is 7.18. The highest BCUT2D eigenvalue weighted by atomic mass is 16.1. The monoisotopic (exact) mass is 296 g/mol. The van der Waals surface area contributed by atoms with Gasteiger partial charge >= 0.3 is 0 Å². The lowest BCUT2D eigenvalue weighted by Gasteiger charge is -2.07. The third-order valence-electron chi connectivity index (χ3n) is 3.09. The fraction of sp³-hybridized carbons (Fsp3) is 0.176. The van der Waals surface area contributed by atoms with E-state index in [0.717, 1.165) is 17.8 Å². The van der Waals surface area contributed by atoms with Crippen molar-refractivity contribution in [2.45, 2.75) is 13.3 Å². The molecular formula is C17H20N4O. The predicted octanol–water partition coefficient (Wildman–Crippen LogP) is 2.61. The first-order chi connectivity index (χ1) is 10.7. The Labute approximate surface area is 130 Å². The van der Waals surface area contributed by atoms with Gasteiger partial charge in [-0.2, -0.15) is 0 Å². The molecule has 4 N–H and O–H groups in total. The molecule has 0 aliphatic carbocycles. The number of nitrogens with two attached hydrogens (primary N) is 1. The Hall–Kier alpha value is -2.82. The smallest absolute Gasteiger partial charge is 0.246 e. The number of anilines is 2. The fourth-order valence-corrected chi connectivity index (χ4v) is 1.89. The van der Waals surface area contributed by atoms with Crippen LogP contribution < -0.4 is 16.4 Å². The second-order valence-electron chi connectivity index (χ2n) is 4.79. The molecule has 0 aromatic heterocycles. The normalized spacial score (nSPS) is 11.0. The van der Waals surface area contributed by atoms with Crippen LogP contribution in [0.4, 0.5) is 11.4 Å². The van der Waals surface area contributed by atoms with Crippen LogP contribution in [-0.4, -0.2) is 18.4 Å². The Bertz CT molecular complexity index is 635. The summed E-state index contributed by atoms with van der Waals surface area (Å²) in [5.74, 6) is 0.00439. The van der Waals surface area contributed by atoms with Crippen molar-refractivity contribution in [2.75, 3.05) is 17.2 Å². The van der Waals surface area contributed by atoms with E-state index in [-0.39, 0.29) is 18.4 Å². The van der Waals surface area contributed by atoms with E-state index in [9.17, 15) is 4.79 Å². The zero-order valence-electron chi connectivity index (χ0n) is 12.5. The first-order valence-corrected chi connectivity index (χ1v) is 7.18. The maximum Gasteiger partial charge on any atom is 0.246 e. The van der Waals surface area contributed by atoms with Gasteiger partial charge in [0.2, 0.25) is 5.91 Å². The number of aliphatic imine (C=N–C) groups is 1. The van der Waals surface area contributed by atoms with Gasteiger partial charge in [0.1, 0.15) is 6.54 Å². The lowest BCUT2D eigenvalue weighted by Crippen LogP contribution is -2.25. The molecule has 0 saturated heterocycles. The average molecular weight is 296 g/mol. The zero-order chi connectivity index (χ0) is 15.8. The highest BCUT2D eigenvalue weighted by Gasteiger charge is 2.01. The van der Waals surface area contributed by atoms with Crippen LogP contribution in [0, 0.1) is 0 Å². The first kappa shape index (κ1) is 15.6. The zero-order valence-corrected chi connectivity index (χ0v) is 12.5. The molecule has 0 bridgehead atoms. The summed E-state index contributed by atoms with van der Waals surface area (Å²) in [5.41, 5.74) is 8.62. The van der Waals surface area contributed by atoms with Gasteiger partial charge in [0.05, 0.1) is 0 Å². The van der Waals surface area contributed by atoms with Crippen LogP contribution in [0.1, 0.15) is 12.5 Å². The summed E-state index contributed by atoms with van der Waals surface area (Å²) in [7, 11) is 0. The summed E-state index contributed by atoms with van der Waals surface area (Å²) < 4.78 is 0. The van der Waals surface area contributed by atoms with Crippen LogP contribution in [0.3, 0.4) is 0 Å². The lowest BCUT2D eigenvalue weighted by molar-refractivity contribution is -0.114. The number of para-hydroxylation sites is 1. The molecule has 2 rings (SSSR count). The molecule has 0 aliphatic rings. The summed E-state index contributed by atoms with van der Waals surface area (Å²) >= 11 is 0. The van der Waals surface area contributed by atoms with Crippen molar-refractivity contribution >= 4 is 23.2 Å². The van der Waals surface area contributed by atoms with E-state index in [1.54, 1.807) is 0 Å². The van der Waals surface area contributed by atoms with Gasteiger partial charge < -0.3 is 16.4 Å². The van der Waals surface area contributed by atoms with E-state index in [0.29, 0.717) is 0 Å². The Kier molecular flexibility index (Phi) is 5.54. The van der Waals surface area contributed by atoms with E-state index < -0.39 is 0 Å². The molecule has 0 radical (unpaired) electrons. The summed E-state index contributed by atoms with van der Waals surface area (Å²) in [4.78, 5) is 15.8. The topological polar surface area (TPSA) is 79.5 Å². The molecule has 5 heteroatoms. The van der Waals surface area contributed by atoms with Gasteiger partial charge in [-0.1, -0.05) is 37.3 Å². The van der Waals surface area contributed by atoms with Crippen molar-refractivity contribution in [1.29, 1.82) is 0 Å². The average Bonchev–Trinajstić information content (AvgIpc) is 2.55. The highest BCUT2D eigenvalue weighted by molar-refractivity contribution is 5.97. The van der Waals surface area contributed by atoms with Crippen molar-refractivity contribution in [1.82, 2.24) is 0 Å². The molecule has 2 aromatic rings. The number of rotatable bonds is 5. The molecule has 5 nitrogen and oxygen atoms in total. The molecule has 0 spiro atoms. The van der Waals surface area contributed by atoms with Crippen LogP contribution in [0.5, 0.6) is 0 Å². The van der Waals surface area contributed by atoms with E-state index in [1.807, 2.05) is 54.6 Å². The molecule has 0 saturated carbocycles. The number of hydrogen-bond donors (Lipinski definition) is 3. The van der Waals surface area contributed by atoms with Crippen molar-refractivity contribution in [3.63, 3.8) is 0 Å². The maximum atomic E-state index is 11.8. The highest BCUT2D eigenvalue weighted by Crippen LogP contribution is 2.09. The van der Waals surface area contributed by atoms with Crippen LogP contribution in [-0.2, 0) is 11.2 Å². The maximum absolute atomic E-state index is 11.8. The van der Waals surface area contributed by atoms with Crippen LogP contribution >= 0.6 is 0 Å². The molecule has 0 aliphatic heterocycles. The second-order valence-corrected chi connectivity index (χ2v) is 4.79. The number of nitrogens with one attached hydrogen (secondary N) is 2. The summed E-state index contributed by atoms with van der Waals surface area (Å²) in [5, 5.41) is 5.71. The van der Waals surface area contributed by atoms with Crippen LogP contribution in [0.25, 0.3) is 0 Å². The molecule has 114 valence electrons. The molecular weight excluding hydrogens is 276 g/mol. The minimum Gasteiger partial charge on any atom is -0.370 e. The molecule has 1 amide bonds. The number of aryl methyl sites for hydroxylation is 1. The van der Waals surface area contributed by atoms with Gasteiger partial charge in [0.25, 0.3) is 0 Å². The van der Waals surface area contributed by atoms with E-state index >= 15 is 0 Å². The SMILES string of the molecule is CCc1ccc(NC(N)=NCC(=O)Nc2ccccc2)cc1. The summed E-state index contributed by atoms with van der Waals surface area (Å²) in [6.45, 7) is 2.07. The van der Waals surface area contributed by atoms with Crippen LogP contribution in [0.15, 0.2) is 59.6 Å². The number of hydrogen-bond acceptors (Lipinski definition) is 2. The van der Waals surface area contributed by atoms with E-state index in [1.165, 1.54) is 5.56 Å². The van der Waals surface area contributed by atoms with Gasteiger partial charge in [-0.05, 0) is 36.2 Å². The molecule has 2 aromatic carbocycles. The lowest BCUT2D eigenvalue weighted by atomic mass is 10.1. The van der Waals surface area contributed by atoms with Gasteiger partial charge in [-0.25, -0.2) is 4.99 Å². The largest absolute Gasteiger partial charge is 0.370 e. The third kappa shape index (κ3) is 4.94. The summed E-state index contributed by atoms with van der Waals surface area (Å²) in [6.07, 6.45) is 0.990. The van der Waals surface area contributed by atoms with Crippen molar-refractivity contribution in [2.24, 2.45) is 10.7 Å². The van der Waals surface area contributed by atoms with E-state index in [4.69, 9.17) is 5.73 Å². The molecule has 0 fully saturated rings. The Balaban J connectivity index is 1.85. The number of nitrogens with zero attached hydrogens (tertiary/aromatic N) is 1. The molecule has 0 atom stereocenters. The predicted molar refractivity (Wildman–Crippen MR) is 91.0 cm³/mol. The Morgan fingerprint density at radius 2 is 1.64 bits per heavy atom. The van der Waals surface area contributed by atoms with Gasteiger partial charge in [-0.3, -0.25) is 4.79 Å². The Morgan fingerprint density at radius 1 is 1.00 bits per heavy atom. The fourth-order valence-electron chi connectivity index (χ4n) is 1.89. The van der Waals surface area contributed by atoms with Crippen LogP contribution in [0.2, 0.25) is 0 Å². The standard InChI is InChI=1S/C17H20N4O/c1-2-13-8-10-15(11-9-13)21-17(18)19-12-16(22)20-14-6-4-3-5-7-14/h3-11H,2,12H2,1H3,(H,20,22)(H3,18,19,21). The van der Waals surface area contributed by atoms with Crippen molar-refractivity contribution in [3.05, 3.63) is 60.2 Å². The van der Waals surface area contributed by atoms with Gasteiger partial charge in [-0.15, -0.1) is 0 Å².